The molecule has 0 aromatic heterocycles. The van der Waals surface area contributed by atoms with Gasteiger partial charge in [-0.25, -0.2) is 0 Å². The minimum Gasteiger partial charge on any atom is -0.495 e. The van der Waals surface area contributed by atoms with Crippen LogP contribution in [0.1, 0.15) is 50.5 Å². The van der Waals surface area contributed by atoms with Gasteiger partial charge in [0.2, 0.25) is 0 Å². The van der Waals surface area contributed by atoms with Crippen molar-refractivity contribution in [2.75, 3.05) is 26.5 Å². The Hall–Kier alpha value is -1.22. The minimum atomic E-state index is 0.591. The molecule has 1 aromatic rings. The zero-order valence-electron chi connectivity index (χ0n) is 13.8. The SMILES string of the molecule is COc1ccc(CN(C)C)cc1NC1CCCCCCC1. The maximum Gasteiger partial charge on any atom is 0.141 e. The molecule has 1 saturated carbocycles. The predicted molar refractivity (Wildman–Crippen MR) is 90.1 cm³/mol. The summed E-state index contributed by atoms with van der Waals surface area (Å²) in [5, 5.41) is 3.74. The van der Waals surface area contributed by atoms with E-state index in [1.54, 1.807) is 7.11 Å². The molecule has 0 saturated heterocycles. The van der Waals surface area contributed by atoms with Gasteiger partial charge in [-0.15, -0.1) is 0 Å². The van der Waals surface area contributed by atoms with Gasteiger partial charge in [0.15, 0.2) is 0 Å². The van der Waals surface area contributed by atoms with Crippen LogP contribution in [0.15, 0.2) is 18.2 Å². The average Bonchev–Trinajstić information content (AvgIpc) is 2.41. The summed E-state index contributed by atoms with van der Waals surface area (Å²) in [6.45, 7) is 0.962. The molecular formula is C18H30N2O. The zero-order valence-corrected chi connectivity index (χ0v) is 13.8. The quantitative estimate of drug-likeness (QED) is 0.876. The second-order valence-corrected chi connectivity index (χ2v) is 6.46. The van der Waals surface area contributed by atoms with Gasteiger partial charge in [0.05, 0.1) is 12.8 Å². The molecule has 118 valence electrons. The van der Waals surface area contributed by atoms with Crippen molar-refractivity contribution < 1.29 is 4.74 Å². The molecule has 0 heterocycles. The van der Waals surface area contributed by atoms with E-state index >= 15 is 0 Å². The van der Waals surface area contributed by atoms with E-state index in [0.29, 0.717) is 6.04 Å². The molecule has 1 N–H and O–H groups in total. The number of methoxy groups -OCH3 is 1. The predicted octanol–water partition coefficient (Wildman–Crippen LogP) is 4.28. The van der Waals surface area contributed by atoms with Crippen LogP contribution in [0.3, 0.4) is 0 Å². The normalized spacial score (nSPS) is 17.3. The summed E-state index contributed by atoms with van der Waals surface area (Å²) in [7, 11) is 5.96. The van der Waals surface area contributed by atoms with Crippen molar-refractivity contribution in [1.82, 2.24) is 4.90 Å². The van der Waals surface area contributed by atoms with Gasteiger partial charge >= 0.3 is 0 Å². The molecule has 21 heavy (non-hydrogen) atoms. The van der Waals surface area contributed by atoms with Crippen LogP contribution in [0.25, 0.3) is 0 Å². The second kappa shape index (κ2) is 8.28. The lowest BCUT2D eigenvalue weighted by molar-refractivity contribution is 0.399. The standard InChI is InChI=1S/C18H30N2O/c1-20(2)14-15-11-12-18(21-3)17(13-15)19-16-9-7-5-4-6-8-10-16/h11-13,16,19H,4-10,14H2,1-3H3. The van der Waals surface area contributed by atoms with Crippen LogP contribution < -0.4 is 10.1 Å². The van der Waals surface area contributed by atoms with E-state index < -0.39 is 0 Å². The van der Waals surface area contributed by atoms with E-state index in [-0.39, 0.29) is 0 Å². The number of nitrogens with zero attached hydrogens (tertiary/aromatic N) is 1. The maximum absolute atomic E-state index is 5.53. The molecule has 0 spiro atoms. The molecular weight excluding hydrogens is 260 g/mol. The van der Waals surface area contributed by atoms with Crippen molar-refractivity contribution in [3.8, 4) is 5.75 Å². The third-order valence-electron chi connectivity index (χ3n) is 4.23. The Balaban J connectivity index is 2.08. The fraction of sp³-hybridized carbons (Fsp3) is 0.667. The molecule has 1 aliphatic rings. The van der Waals surface area contributed by atoms with Gasteiger partial charge in [0, 0.05) is 12.6 Å². The number of benzene rings is 1. The van der Waals surface area contributed by atoms with Crippen LogP contribution in [0.5, 0.6) is 5.75 Å². The molecule has 0 unspecified atom stereocenters. The van der Waals surface area contributed by atoms with E-state index in [1.165, 1.54) is 50.5 Å². The molecule has 0 amide bonds. The average molecular weight is 290 g/mol. The first kappa shape index (κ1) is 16.2. The number of ether oxygens (including phenoxy) is 1. The summed E-state index contributed by atoms with van der Waals surface area (Å²) in [6, 6.07) is 7.08. The molecule has 2 rings (SSSR count). The molecule has 0 radical (unpaired) electrons. The van der Waals surface area contributed by atoms with E-state index in [0.717, 1.165) is 18.0 Å². The summed E-state index contributed by atoms with van der Waals surface area (Å²) in [5.41, 5.74) is 2.48. The summed E-state index contributed by atoms with van der Waals surface area (Å²) >= 11 is 0. The number of nitrogens with one attached hydrogen (secondary N) is 1. The number of hydrogen-bond acceptors (Lipinski definition) is 3. The monoisotopic (exact) mass is 290 g/mol. The Labute approximate surface area is 129 Å². The molecule has 3 heteroatoms. The highest BCUT2D eigenvalue weighted by Gasteiger charge is 2.14. The smallest absolute Gasteiger partial charge is 0.141 e. The van der Waals surface area contributed by atoms with Crippen molar-refractivity contribution in [3.05, 3.63) is 23.8 Å². The first-order valence-corrected chi connectivity index (χ1v) is 8.27. The van der Waals surface area contributed by atoms with E-state index in [9.17, 15) is 0 Å². The molecule has 1 aromatic carbocycles. The maximum atomic E-state index is 5.53. The fourth-order valence-electron chi connectivity index (χ4n) is 3.15. The van der Waals surface area contributed by atoms with Crippen molar-refractivity contribution in [3.63, 3.8) is 0 Å². The molecule has 0 atom stereocenters. The van der Waals surface area contributed by atoms with Crippen molar-refractivity contribution in [2.24, 2.45) is 0 Å². The molecule has 1 fully saturated rings. The van der Waals surface area contributed by atoms with E-state index in [2.05, 4.69) is 42.5 Å². The van der Waals surface area contributed by atoms with Gasteiger partial charge in [0.25, 0.3) is 0 Å². The van der Waals surface area contributed by atoms with Crippen LogP contribution in [-0.4, -0.2) is 32.1 Å². The van der Waals surface area contributed by atoms with Gasteiger partial charge in [-0.3, -0.25) is 0 Å². The van der Waals surface area contributed by atoms with Crippen LogP contribution in [-0.2, 0) is 6.54 Å². The second-order valence-electron chi connectivity index (χ2n) is 6.46. The van der Waals surface area contributed by atoms with E-state index in [1.807, 2.05) is 0 Å². The number of hydrogen-bond donors (Lipinski definition) is 1. The highest BCUT2D eigenvalue weighted by Crippen LogP contribution is 2.29. The van der Waals surface area contributed by atoms with Gasteiger partial charge in [0.1, 0.15) is 5.75 Å². The number of rotatable bonds is 5. The van der Waals surface area contributed by atoms with Gasteiger partial charge in [-0.05, 0) is 44.6 Å². The molecule has 0 bridgehead atoms. The summed E-state index contributed by atoms with van der Waals surface area (Å²) in [5.74, 6) is 0.958. The highest BCUT2D eigenvalue weighted by atomic mass is 16.5. The fourth-order valence-corrected chi connectivity index (χ4v) is 3.15. The Bertz CT molecular complexity index is 423. The Morgan fingerprint density at radius 2 is 1.76 bits per heavy atom. The third-order valence-corrected chi connectivity index (χ3v) is 4.23. The Morgan fingerprint density at radius 1 is 1.10 bits per heavy atom. The third kappa shape index (κ3) is 5.24. The van der Waals surface area contributed by atoms with Crippen LogP contribution in [0, 0.1) is 0 Å². The van der Waals surface area contributed by atoms with Gasteiger partial charge in [-0.2, -0.15) is 0 Å². The molecule has 0 aliphatic heterocycles. The topological polar surface area (TPSA) is 24.5 Å². The van der Waals surface area contributed by atoms with Crippen LogP contribution in [0.2, 0.25) is 0 Å². The largest absolute Gasteiger partial charge is 0.495 e. The summed E-state index contributed by atoms with van der Waals surface area (Å²) < 4.78 is 5.53. The summed E-state index contributed by atoms with van der Waals surface area (Å²) in [4.78, 5) is 2.20. The lowest BCUT2D eigenvalue weighted by Crippen LogP contribution is -2.21. The zero-order chi connectivity index (χ0) is 15.1. The Morgan fingerprint density at radius 3 is 2.38 bits per heavy atom. The molecule has 1 aliphatic carbocycles. The van der Waals surface area contributed by atoms with Crippen molar-refractivity contribution in [2.45, 2.75) is 57.5 Å². The highest BCUT2D eigenvalue weighted by molar-refractivity contribution is 5.58. The van der Waals surface area contributed by atoms with Crippen LogP contribution >= 0.6 is 0 Å². The van der Waals surface area contributed by atoms with E-state index in [4.69, 9.17) is 4.74 Å². The number of anilines is 1. The lowest BCUT2D eigenvalue weighted by atomic mass is 9.96. The van der Waals surface area contributed by atoms with Crippen molar-refractivity contribution in [1.29, 1.82) is 0 Å². The summed E-state index contributed by atoms with van der Waals surface area (Å²) in [6.07, 6.45) is 9.43. The van der Waals surface area contributed by atoms with Gasteiger partial charge in [-0.1, -0.05) is 38.2 Å². The Kier molecular flexibility index (Phi) is 6.37. The first-order valence-electron chi connectivity index (χ1n) is 8.27. The van der Waals surface area contributed by atoms with Crippen LogP contribution in [0.4, 0.5) is 5.69 Å². The molecule has 3 nitrogen and oxygen atoms in total. The van der Waals surface area contributed by atoms with Gasteiger partial charge < -0.3 is 15.0 Å². The minimum absolute atomic E-state index is 0.591. The first-order chi connectivity index (χ1) is 10.2. The van der Waals surface area contributed by atoms with Crippen molar-refractivity contribution >= 4 is 5.69 Å². The lowest BCUT2D eigenvalue weighted by Gasteiger charge is -2.24.